The van der Waals surface area contributed by atoms with Crippen molar-refractivity contribution in [1.82, 2.24) is 10.3 Å². The molecule has 1 amide bonds. The number of benzene rings is 1. The van der Waals surface area contributed by atoms with E-state index in [1.807, 2.05) is 18.2 Å². The van der Waals surface area contributed by atoms with E-state index >= 15 is 0 Å². The number of nitrogens with zero attached hydrogens (tertiary/aromatic N) is 1. The number of carbonyl (C=O) groups is 1. The summed E-state index contributed by atoms with van der Waals surface area (Å²) in [6, 6.07) is 9.35. The van der Waals surface area contributed by atoms with Gasteiger partial charge in [-0.25, -0.2) is 4.98 Å². The zero-order chi connectivity index (χ0) is 18.6. The molecule has 6 nitrogen and oxygen atoms in total. The molecule has 2 heterocycles. The summed E-state index contributed by atoms with van der Waals surface area (Å²) in [5.74, 6) is 2.05. The Labute approximate surface area is 162 Å². The fourth-order valence-electron chi connectivity index (χ4n) is 3.44. The standard InChI is InChI=1S/C20H21ClN2O4/c21-14-2-8-20(22-11-14)27-16-5-3-15(4-6-16)23-19(24)10-13-1-7-17-18(9-13)26-12-25-17/h1-2,7-9,11,15-16H,3-6,10,12H2,(H,23,24). The van der Waals surface area contributed by atoms with Crippen LogP contribution in [0.15, 0.2) is 36.5 Å². The molecule has 1 aliphatic carbocycles. The highest BCUT2D eigenvalue weighted by Gasteiger charge is 2.24. The minimum Gasteiger partial charge on any atom is -0.474 e. The van der Waals surface area contributed by atoms with Crippen LogP contribution in [0.1, 0.15) is 31.2 Å². The monoisotopic (exact) mass is 388 g/mol. The summed E-state index contributed by atoms with van der Waals surface area (Å²) in [5.41, 5.74) is 0.919. The van der Waals surface area contributed by atoms with Crippen LogP contribution in [-0.2, 0) is 11.2 Å². The highest BCUT2D eigenvalue weighted by molar-refractivity contribution is 6.30. The molecule has 0 atom stereocenters. The van der Waals surface area contributed by atoms with E-state index in [1.54, 1.807) is 18.3 Å². The second-order valence-corrected chi connectivity index (χ2v) is 7.27. The summed E-state index contributed by atoms with van der Waals surface area (Å²) in [6.45, 7) is 0.238. The van der Waals surface area contributed by atoms with Crippen molar-refractivity contribution in [2.24, 2.45) is 0 Å². The second kappa shape index (κ2) is 8.05. The summed E-state index contributed by atoms with van der Waals surface area (Å²) in [7, 11) is 0. The van der Waals surface area contributed by atoms with Crippen molar-refractivity contribution in [2.75, 3.05) is 6.79 Å². The number of amides is 1. The lowest BCUT2D eigenvalue weighted by Gasteiger charge is -2.29. The molecule has 0 unspecified atom stereocenters. The van der Waals surface area contributed by atoms with Crippen molar-refractivity contribution in [1.29, 1.82) is 0 Å². The Morgan fingerprint density at radius 2 is 1.96 bits per heavy atom. The number of aromatic nitrogens is 1. The Morgan fingerprint density at radius 1 is 1.15 bits per heavy atom. The topological polar surface area (TPSA) is 69.7 Å². The van der Waals surface area contributed by atoms with E-state index < -0.39 is 0 Å². The molecule has 2 aliphatic rings. The first-order chi connectivity index (χ1) is 13.2. The predicted octanol–water partition coefficient (Wildman–Crippen LogP) is 3.51. The molecule has 7 heteroatoms. The van der Waals surface area contributed by atoms with Crippen LogP contribution in [0.2, 0.25) is 5.02 Å². The lowest BCUT2D eigenvalue weighted by molar-refractivity contribution is -0.121. The molecule has 2 aromatic rings. The van der Waals surface area contributed by atoms with Crippen molar-refractivity contribution in [3.8, 4) is 17.4 Å². The van der Waals surface area contributed by atoms with Gasteiger partial charge in [0.2, 0.25) is 18.6 Å². The molecule has 1 aromatic carbocycles. The van der Waals surface area contributed by atoms with Gasteiger partial charge in [0.1, 0.15) is 6.10 Å². The summed E-state index contributed by atoms with van der Waals surface area (Å²) in [4.78, 5) is 16.5. The SMILES string of the molecule is O=C(Cc1ccc2c(c1)OCO2)NC1CCC(Oc2ccc(Cl)cn2)CC1. The van der Waals surface area contributed by atoms with Gasteiger partial charge in [-0.2, -0.15) is 0 Å². The van der Waals surface area contributed by atoms with Crippen LogP contribution >= 0.6 is 11.6 Å². The second-order valence-electron chi connectivity index (χ2n) is 6.84. The van der Waals surface area contributed by atoms with E-state index in [1.165, 1.54) is 0 Å². The maximum absolute atomic E-state index is 12.3. The maximum Gasteiger partial charge on any atom is 0.231 e. The Hall–Kier alpha value is -2.47. The third-order valence-corrected chi connectivity index (χ3v) is 5.05. The summed E-state index contributed by atoms with van der Waals surface area (Å²) < 4.78 is 16.5. The van der Waals surface area contributed by atoms with Crippen LogP contribution in [-0.4, -0.2) is 29.8 Å². The molecule has 1 aliphatic heterocycles. The van der Waals surface area contributed by atoms with Crippen LogP contribution < -0.4 is 19.5 Å². The van der Waals surface area contributed by atoms with Gasteiger partial charge in [0.15, 0.2) is 11.5 Å². The van der Waals surface area contributed by atoms with E-state index in [0.717, 1.165) is 37.0 Å². The molecule has 0 bridgehead atoms. The lowest BCUT2D eigenvalue weighted by atomic mass is 9.92. The number of hydrogen-bond acceptors (Lipinski definition) is 5. The first-order valence-electron chi connectivity index (χ1n) is 9.12. The number of halogens is 1. The van der Waals surface area contributed by atoms with Crippen LogP contribution in [0.5, 0.6) is 17.4 Å². The van der Waals surface area contributed by atoms with Gasteiger partial charge in [-0.15, -0.1) is 0 Å². The minimum atomic E-state index is 0.0256. The summed E-state index contributed by atoms with van der Waals surface area (Å²) in [5, 5.41) is 3.72. The smallest absolute Gasteiger partial charge is 0.231 e. The minimum absolute atomic E-state index is 0.0256. The molecule has 1 aromatic heterocycles. The summed E-state index contributed by atoms with van der Waals surface area (Å²) in [6.07, 6.45) is 5.61. The number of carbonyl (C=O) groups excluding carboxylic acids is 1. The molecule has 4 rings (SSSR count). The number of pyridine rings is 1. The van der Waals surface area contributed by atoms with Crippen LogP contribution in [0.3, 0.4) is 0 Å². The zero-order valence-electron chi connectivity index (χ0n) is 14.8. The molecule has 1 fully saturated rings. The lowest BCUT2D eigenvalue weighted by Crippen LogP contribution is -2.40. The maximum atomic E-state index is 12.3. The Kier molecular flexibility index (Phi) is 5.34. The first kappa shape index (κ1) is 17.9. The average molecular weight is 389 g/mol. The quantitative estimate of drug-likeness (QED) is 0.848. The molecule has 0 spiro atoms. The molecule has 0 saturated heterocycles. The molecule has 142 valence electrons. The van der Waals surface area contributed by atoms with Crippen molar-refractivity contribution >= 4 is 17.5 Å². The fourth-order valence-corrected chi connectivity index (χ4v) is 3.55. The van der Waals surface area contributed by atoms with E-state index in [4.69, 9.17) is 25.8 Å². The highest BCUT2D eigenvalue weighted by atomic mass is 35.5. The van der Waals surface area contributed by atoms with Crippen molar-refractivity contribution in [2.45, 2.75) is 44.2 Å². The van der Waals surface area contributed by atoms with Gasteiger partial charge in [0, 0.05) is 18.3 Å². The molecule has 1 saturated carbocycles. The number of ether oxygens (including phenoxy) is 3. The van der Waals surface area contributed by atoms with E-state index in [2.05, 4.69) is 10.3 Å². The third-order valence-electron chi connectivity index (χ3n) is 4.83. The Balaban J connectivity index is 1.23. The van der Waals surface area contributed by atoms with Crippen LogP contribution in [0.4, 0.5) is 0 Å². The highest BCUT2D eigenvalue weighted by Crippen LogP contribution is 2.32. The number of fused-ring (bicyclic) bond motifs is 1. The van der Waals surface area contributed by atoms with E-state index in [9.17, 15) is 4.79 Å². The van der Waals surface area contributed by atoms with E-state index in [0.29, 0.717) is 23.1 Å². The van der Waals surface area contributed by atoms with Crippen molar-refractivity contribution in [3.05, 3.63) is 47.1 Å². The zero-order valence-corrected chi connectivity index (χ0v) is 15.6. The van der Waals surface area contributed by atoms with Gasteiger partial charge in [0.05, 0.1) is 11.4 Å². The molecule has 27 heavy (non-hydrogen) atoms. The van der Waals surface area contributed by atoms with Gasteiger partial charge in [-0.3, -0.25) is 4.79 Å². The van der Waals surface area contributed by atoms with Gasteiger partial charge in [-0.05, 0) is 49.4 Å². The molecular formula is C20H21ClN2O4. The van der Waals surface area contributed by atoms with Crippen LogP contribution in [0, 0.1) is 0 Å². The number of nitrogens with one attached hydrogen (secondary N) is 1. The Bertz CT molecular complexity index is 804. The van der Waals surface area contributed by atoms with Gasteiger partial charge >= 0.3 is 0 Å². The first-order valence-corrected chi connectivity index (χ1v) is 9.49. The molecule has 0 radical (unpaired) electrons. The van der Waals surface area contributed by atoms with Crippen molar-refractivity contribution < 1.29 is 19.0 Å². The largest absolute Gasteiger partial charge is 0.474 e. The molecular weight excluding hydrogens is 368 g/mol. The van der Waals surface area contributed by atoms with Gasteiger partial charge in [0.25, 0.3) is 0 Å². The Morgan fingerprint density at radius 3 is 2.74 bits per heavy atom. The number of hydrogen-bond donors (Lipinski definition) is 1. The van der Waals surface area contributed by atoms with Gasteiger partial charge < -0.3 is 19.5 Å². The van der Waals surface area contributed by atoms with Crippen molar-refractivity contribution in [3.63, 3.8) is 0 Å². The predicted molar refractivity (Wildman–Crippen MR) is 100 cm³/mol. The normalized spacial score (nSPS) is 20.9. The average Bonchev–Trinajstić information content (AvgIpc) is 3.13. The third kappa shape index (κ3) is 4.63. The number of rotatable bonds is 5. The van der Waals surface area contributed by atoms with E-state index in [-0.39, 0.29) is 24.8 Å². The summed E-state index contributed by atoms with van der Waals surface area (Å²) >= 11 is 5.84. The van der Waals surface area contributed by atoms with Gasteiger partial charge in [-0.1, -0.05) is 17.7 Å². The van der Waals surface area contributed by atoms with Crippen LogP contribution in [0.25, 0.3) is 0 Å². The molecule has 1 N–H and O–H groups in total. The fraction of sp³-hybridized carbons (Fsp3) is 0.400.